The molecule has 0 bridgehead atoms. The van der Waals surface area contributed by atoms with Gasteiger partial charge in [-0.15, -0.1) is 0 Å². The van der Waals surface area contributed by atoms with E-state index in [-0.39, 0.29) is 17.4 Å². The molecule has 0 radical (unpaired) electrons. The zero-order valence-corrected chi connectivity index (χ0v) is 16.1. The molecule has 0 aliphatic carbocycles. The molecule has 6 heteroatoms. The van der Waals surface area contributed by atoms with Gasteiger partial charge in [0.15, 0.2) is 9.04 Å². The first-order valence-electron chi connectivity index (χ1n) is 7.73. The minimum Gasteiger partial charge on any atom is -0.443 e. The average molecular weight is 327 g/mol. The molecule has 1 aliphatic heterocycles. The Balaban J connectivity index is 3.06. The van der Waals surface area contributed by atoms with E-state index in [9.17, 15) is 9.59 Å². The molecule has 1 heterocycles. The Kier molecular flexibility index (Phi) is 5.62. The highest BCUT2D eigenvalue weighted by Crippen LogP contribution is 2.32. The Morgan fingerprint density at radius 3 is 2.18 bits per heavy atom. The van der Waals surface area contributed by atoms with Crippen LogP contribution in [-0.2, 0) is 14.0 Å². The van der Waals surface area contributed by atoms with Crippen molar-refractivity contribution in [2.45, 2.75) is 72.4 Å². The lowest BCUT2D eigenvalue weighted by molar-refractivity contribution is -0.127. The Morgan fingerprint density at radius 2 is 1.77 bits per heavy atom. The molecule has 126 valence electrons. The molecule has 1 aliphatic rings. The first-order valence-corrected chi connectivity index (χ1v) is 10.5. The molecule has 2 unspecified atom stereocenters. The minimum atomic E-state index is -1.33. The van der Waals surface area contributed by atoms with Gasteiger partial charge in [-0.05, 0) is 39.3 Å². The molecule has 0 N–H and O–H groups in total. The summed E-state index contributed by atoms with van der Waals surface area (Å²) in [5.41, 5.74) is -0.841. The molecule has 0 spiro atoms. The number of amides is 2. The quantitative estimate of drug-likeness (QED) is 0.747. The standard InChI is InChI=1S/C16H29NO4Si/c1-15(2,3)13(21-22(7)8)11-9-10-12(18)17(11)14(19)20-16(4,5)6/h9-11,13,22H,1-8H3. The fourth-order valence-electron chi connectivity index (χ4n) is 2.34. The fraction of sp³-hybridized carbons (Fsp3) is 0.750. The van der Waals surface area contributed by atoms with Crippen molar-refractivity contribution in [2.75, 3.05) is 0 Å². The van der Waals surface area contributed by atoms with Crippen LogP contribution in [0.5, 0.6) is 0 Å². The summed E-state index contributed by atoms with van der Waals surface area (Å²) < 4.78 is 11.5. The van der Waals surface area contributed by atoms with E-state index >= 15 is 0 Å². The number of nitrogens with zero attached hydrogens (tertiary/aromatic N) is 1. The number of hydrogen-bond donors (Lipinski definition) is 0. The third-order valence-electron chi connectivity index (χ3n) is 3.14. The predicted molar refractivity (Wildman–Crippen MR) is 89.2 cm³/mol. The molecular formula is C16H29NO4Si. The molecule has 22 heavy (non-hydrogen) atoms. The van der Waals surface area contributed by atoms with Crippen LogP contribution >= 0.6 is 0 Å². The molecule has 2 amide bonds. The van der Waals surface area contributed by atoms with Gasteiger partial charge >= 0.3 is 6.09 Å². The summed E-state index contributed by atoms with van der Waals surface area (Å²) in [6.45, 7) is 15.7. The first-order chi connectivity index (χ1) is 9.83. The molecular weight excluding hydrogens is 298 g/mol. The number of ether oxygens (including phenoxy) is 1. The zero-order chi connectivity index (χ0) is 17.3. The molecule has 1 rings (SSSR count). The van der Waals surface area contributed by atoms with Crippen LogP contribution in [-0.4, -0.2) is 43.7 Å². The molecule has 5 nitrogen and oxygen atoms in total. The third-order valence-corrected chi connectivity index (χ3v) is 3.98. The lowest BCUT2D eigenvalue weighted by Gasteiger charge is -2.39. The van der Waals surface area contributed by atoms with E-state index in [0.717, 1.165) is 0 Å². The Bertz CT molecular complexity index is 460. The van der Waals surface area contributed by atoms with Crippen LogP contribution in [0.4, 0.5) is 4.79 Å². The van der Waals surface area contributed by atoms with E-state index in [4.69, 9.17) is 9.16 Å². The van der Waals surface area contributed by atoms with Crippen molar-refractivity contribution < 1.29 is 18.8 Å². The van der Waals surface area contributed by atoms with E-state index in [1.807, 2.05) is 0 Å². The summed E-state index contributed by atoms with van der Waals surface area (Å²) in [6.07, 6.45) is 2.32. The fourth-order valence-corrected chi connectivity index (χ4v) is 3.50. The van der Waals surface area contributed by atoms with Crippen LogP contribution in [0.2, 0.25) is 13.1 Å². The third kappa shape index (κ3) is 4.95. The van der Waals surface area contributed by atoms with Gasteiger partial charge in [0.05, 0.1) is 12.1 Å². The van der Waals surface area contributed by atoms with Gasteiger partial charge in [-0.1, -0.05) is 26.8 Å². The van der Waals surface area contributed by atoms with Crippen molar-refractivity contribution >= 4 is 21.0 Å². The zero-order valence-electron chi connectivity index (χ0n) is 15.0. The molecule has 0 saturated heterocycles. The van der Waals surface area contributed by atoms with Crippen LogP contribution in [0.1, 0.15) is 41.5 Å². The molecule has 0 aromatic carbocycles. The maximum Gasteiger partial charge on any atom is 0.417 e. The number of carbonyl (C=O) groups is 2. The predicted octanol–water partition coefficient (Wildman–Crippen LogP) is 3.10. The van der Waals surface area contributed by atoms with Gasteiger partial charge in [-0.2, -0.15) is 0 Å². The highest BCUT2D eigenvalue weighted by Gasteiger charge is 2.44. The van der Waals surface area contributed by atoms with E-state index in [2.05, 4.69) is 33.9 Å². The van der Waals surface area contributed by atoms with Crippen molar-refractivity contribution in [2.24, 2.45) is 5.41 Å². The summed E-state index contributed by atoms with van der Waals surface area (Å²) in [4.78, 5) is 25.7. The summed E-state index contributed by atoms with van der Waals surface area (Å²) in [5, 5.41) is 0. The highest BCUT2D eigenvalue weighted by molar-refractivity contribution is 6.48. The maximum absolute atomic E-state index is 12.4. The van der Waals surface area contributed by atoms with Crippen LogP contribution in [0, 0.1) is 5.41 Å². The van der Waals surface area contributed by atoms with E-state index in [1.54, 1.807) is 26.8 Å². The Morgan fingerprint density at radius 1 is 1.23 bits per heavy atom. The van der Waals surface area contributed by atoms with Crippen molar-refractivity contribution in [3.63, 3.8) is 0 Å². The molecule has 0 aromatic heterocycles. The van der Waals surface area contributed by atoms with Gasteiger partial charge in [-0.3, -0.25) is 4.79 Å². The van der Waals surface area contributed by atoms with Crippen molar-refractivity contribution in [1.29, 1.82) is 0 Å². The van der Waals surface area contributed by atoms with Crippen LogP contribution in [0.3, 0.4) is 0 Å². The number of hydrogen-bond acceptors (Lipinski definition) is 4. The van der Waals surface area contributed by atoms with E-state index in [0.29, 0.717) is 0 Å². The normalized spacial score (nSPS) is 20.7. The minimum absolute atomic E-state index is 0.197. The number of imide groups is 1. The second kappa shape index (κ2) is 6.54. The Labute approximate surface area is 135 Å². The summed E-state index contributed by atoms with van der Waals surface area (Å²) in [5.74, 6) is -0.345. The van der Waals surface area contributed by atoms with Gasteiger partial charge in [0.2, 0.25) is 0 Å². The average Bonchev–Trinajstić information content (AvgIpc) is 2.63. The van der Waals surface area contributed by atoms with Crippen molar-refractivity contribution in [3.8, 4) is 0 Å². The molecule has 0 saturated carbocycles. The van der Waals surface area contributed by atoms with Gasteiger partial charge < -0.3 is 9.16 Å². The van der Waals surface area contributed by atoms with Crippen molar-refractivity contribution in [1.82, 2.24) is 4.90 Å². The smallest absolute Gasteiger partial charge is 0.417 e. The Hall–Kier alpha value is -1.14. The van der Waals surface area contributed by atoms with Crippen LogP contribution in [0.15, 0.2) is 12.2 Å². The second-order valence-electron chi connectivity index (χ2n) is 8.01. The van der Waals surface area contributed by atoms with Gasteiger partial charge in [0, 0.05) is 6.08 Å². The highest BCUT2D eigenvalue weighted by atomic mass is 28.3. The second-order valence-corrected chi connectivity index (χ2v) is 10.4. The monoisotopic (exact) mass is 327 g/mol. The largest absolute Gasteiger partial charge is 0.443 e. The first kappa shape index (κ1) is 18.9. The van der Waals surface area contributed by atoms with Gasteiger partial charge in [0.1, 0.15) is 5.60 Å². The summed E-state index contributed by atoms with van der Waals surface area (Å²) >= 11 is 0. The lowest BCUT2D eigenvalue weighted by atomic mass is 9.84. The summed E-state index contributed by atoms with van der Waals surface area (Å²) in [6, 6.07) is -0.419. The van der Waals surface area contributed by atoms with E-state index < -0.39 is 26.8 Å². The molecule has 2 atom stereocenters. The number of carbonyl (C=O) groups excluding carboxylic acids is 2. The van der Waals surface area contributed by atoms with Crippen LogP contribution in [0.25, 0.3) is 0 Å². The van der Waals surface area contributed by atoms with Gasteiger partial charge in [-0.25, -0.2) is 9.69 Å². The molecule has 0 aromatic rings. The maximum atomic E-state index is 12.4. The molecule has 0 fully saturated rings. The van der Waals surface area contributed by atoms with E-state index in [1.165, 1.54) is 11.0 Å². The number of rotatable bonds is 3. The summed E-state index contributed by atoms with van der Waals surface area (Å²) in [7, 11) is -1.33. The van der Waals surface area contributed by atoms with Crippen LogP contribution < -0.4 is 0 Å². The van der Waals surface area contributed by atoms with Crippen molar-refractivity contribution in [3.05, 3.63) is 12.2 Å². The van der Waals surface area contributed by atoms with Gasteiger partial charge in [0.25, 0.3) is 5.91 Å². The lowest BCUT2D eigenvalue weighted by Crippen LogP contribution is -2.53. The topological polar surface area (TPSA) is 55.8 Å². The SMILES string of the molecule is C[SiH](C)OC(C1C=CC(=O)N1C(=O)OC(C)(C)C)C(C)(C)C.